The Morgan fingerprint density at radius 2 is 2.05 bits per heavy atom. The first kappa shape index (κ1) is 14.3. The molecular weight excluding hydrogens is 242 g/mol. The molecule has 2 fully saturated rings. The van der Waals surface area contributed by atoms with Crippen molar-refractivity contribution >= 4 is 5.91 Å². The third kappa shape index (κ3) is 3.46. The minimum Gasteiger partial charge on any atom is -0.395 e. The number of carbonyl (C=O) groups excluding carboxylic acids is 1. The summed E-state index contributed by atoms with van der Waals surface area (Å²) in [7, 11) is 0. The molecule has 0 radical (unpaired) electrons. The molecule has 0 aromatic rings. The highest BCUT2D eigenvalue weighted by molar-refractivity contribution is 5.79. The zero-order valence-electron chi connectivity index (χ0n) is 11.4. The van der Waals surface area contributed by atoms with Gasteiger partial charge in [0.2, 0.25) is 5.91 Å². The largest absolute Gasteiger partial charge is 0.395 e. The first-order valence-corrected chi connectivity index (χ1v) is 7.26. The van der Waals surface area contributed by atoms with E-state index in [0.717, 1.165) is 38.5 Å². The van der Waals surface area contributed by atoms with Gasteiger partial charge in [-0.05, 0) is 38.5 Å². The number of nitriles is 1. The summed E-state index contributed by atoms with van der Waals surface area (Å²) in [5.41, 5.74) is -0.637. The number of carbonyl (C=O) groups is 1. The van der Waals surface area contributed by atoms with Crippen LogP contribution in [-0.2, 0) is 4.79 Å². The van der Waals surface area contributed by atoms with Gasteiger partial charge in [0.1, 0.15) is 5.54 Å². The van der Waals surface area contributed by atoms with Crippen molar-refractivity contribution in [2.75, 3.05) is 19.7 Å². The van der Waals surface area contributed by atoms with E-state index in [9.17, 15) is 10.1 Å². The van der Waals surface area contributed by atoms with E-state index in [1.807, 2.05) is 4.90 Å². The normalized spacial score (nSPS) is 21.9. The van der Waals surface area contributed by atoms with Crippen LogP contribution < -0.4 is 5.32 Å². The SMILES string of the molecule is N#CC1(NC(=O)CN(CCO)C2CCC2)CCCC1. The quantitative estimate of drug-likeness (QED) is 0.744. The van der Waals surface area contributed by atoms with Crippen LogP contribution in [0.3, 0.4) is 0 Å². The second-order valence-corrected chi connectivity index (χ2v) is 5.73. The highest BCUT2D eigenvalue weighted by Crippen LogP contribution is 2.29. The summed E-state index contributed by atoms with van der Waals surface area (Å²) in [5, 5.41) is 21.2. The van der Waals surface area contributed by atoms with E-state index in [1.54, 1.807) is 0 Å². The average molecular weight is 265 g/mol. The van der Waals surface area contributed by atoms with E-state index in [0.29, 0.717) is 19.1 Å². The van der Waals surface area contributed by atoms with E-state index >= 15 is 0 Å². The summed E-state index contributed by atoms with van der Waals surface area (Å²) in [6.07, 6.45) is 6.97. The Morgan fingerprint density at radius 1 is 1.37 bits per heavy atom. The number of hydrogen-bond acceptors (Lipinski definition) is 4. The molecule has 1 amide bonds. The fraction of sp³-hybridized carbons (Fsp3) is 0.857. The van der Waals surface area contributed by atoms with Crippen LogP contribution in [0.25, 0.3) is 0 Å². The Kier molecular flexibility index (Phi) is 4.78. The number of aliphatic hydroxyl groups is 1. The van der Waals surface area contributed by atoms with Crippen molar-refractivity contribution in [1.82, 2.24) is 10.2 Å². The lowest BCUT2D eigenvalue weighted by Gasteiger charge is -2.37. The fourth-order valence-electron chi connectivity index (χ4n) is 3.01. The van der Waals surface area contributed by atoms with E-state index in [2.05, 4.69) is 11.4 Å². The molecule has 0 aromatic heterocycles. The predicted molar refractivity (Wildman–Crippen MR) is 71.3 cm³/mol. The molecule has 2 aliphatic carbocycles. The van der Waals surface area contributed by atoms with Crippen LogP contribution in [0.15, 0.2) is 0 Å². The van der Waals surface area contributed by atoms with Gasteiger partial charge in [-0.2, -0.15) is 5.26 Å². The summed E-state index contributed by atoms with van der Waals surface area (Å²) in [5.74, 6) is -0.0798. The molecule has 19 heavy (non-hydrogen) atoms. The molecule has 106 valence electrons. The molecule has 0 atom stereocenters. The average Bonchev–Trinajstić information content (AvgIpc) is 2.76. The molecule has 2 aliphatic rings. The minimum absolute atomic E-state index is 0.0766. The van der Waals surface area contributed by atoms with Gasteiger partial charge < -0.3 is 10.4 Å². The van der Waals surface area contributed by atoms with Crippen LogP contribution in [-0.4, -0.2) is 47.2 Å². The van der Waals surface area contributed by atoms with E-state index in [1.165, 1.54) is 6.42 Å². The first-order valence-electron chi connectivity index (χ1n) is 7.26. The van der Waals surface area contributed by atoms with Gasteiger partial charge >= 0.3 is 0 Å². The minimum atomic E-state index is -0.637. The second kappa shape index (κ2) is 6.36. The summed E-state index contributed by atoms with van der Waals surface area (Å²) < 4.78 is 0. The smallest absolute Gasteiger partial charge is 0.235 e. The summed E-state index contributed by atoms with van der Waals surface area (Å²) >= 11 is 0. The number of rotatable bonds is 6. The fourth-order valence-corrected chi connectivity index (χ4v) is 3.01. The molecule has 0 aromatic carbocycles. The molecule has 5 nitrogen and oxygen atoms in total. The molecule has 2 N–H and O–H groups in total. The molecule has 0 unspecified atom stereocenters. The first-order chi connectivity index (χ1) is 9.19. The lowest BCUT2D eigenvalue weighted by atomic mass is 9.91. The van der Waals surface area contributed by atoms with Crippen LogP contribution in [0, 0.1) is 11.3 Å². The van der Waals surface area contributed by atoms with Crippen molar-refractivity contribution in [3.8, 4) is 6.07 Å². The molecule has 0 bridgehead atoms. The van der Waals surface area contributed by atoms with Crippen molar-refractivity contribution in [1.29, 1.82) is 5.26 Å². The second-order valence-electron chi connectivity index (χ2n) is 5.73. The number of amides is 1. The third-order valence-electron chi connectivity index (χ3n) is 4.37. The molecule has 0 spiro atoms. The van der Waals surface area contributed by atoms with E-state index in [-0.39, 0.29) is 12.5 Å². The van der Waals surface area contributed by atoms with Crippen LogP contribution in [0.2, 0.25) is 0 Å². The number of nitrogens with zero attached hydrogens (tertiary/aromatic N) is 2. The number of nitrogens with one attached hydrogen (secondary N) is 1. The number of hydrogen-bond donors (Lipinski definition) is 2. The van der Waals surface area contributed by atoms with Crippen LogP contribution in [0.5, 0.6) is 0 Å². The molecular formula is C14H23N3O2. The molecule has 0 saturated heterocycles. The van der Waals surface area contributed by atoms with Crippen LogP contribution in [0.1, 0.15) is 44.9 Å². The highest BCUT2D eigenvalue weighted by Gasteiger charge is 2.36. The van der Waals surface area contributed by atoms with Gasteiger partial charge in [-0.3, -0.25) is 9.69 Å². The van der Waals surface area contributed by atoms with Crippen molar-refractivity contribution in [2.45, 2.75) is 56.5 Å². The predicted octanol–water partition coefficient (Wildman–Crippen LogP) is 0.786. The standard InChI is InChI=1S/C14H23N3O2/c15-11-14(6-1-2-7-14)16-13(19)10-17(8-9-18)12-4-3-5-12/h12,18H,1-10H2,(H,16,19). The Hall–Kier alpha value is -1.12. The highest BCUT2D eigenvalue weighted by atomic mass is 16.3. The maximum atomic E-state index is 12.1. The van der Waals surface area contributed by atoms with Crippen LogP contribution >= 0.6 is 0 Å². The van der Waals surface area contributed by atoms with Crippen molar-refractivity contribution in [3.05, 3.63) is 0 Å². The van der Waals surface area contributed by atoms with Crippen LogP contribution in [0.4, 0.5) is 0 Å². The Bertz CT molecular complexity index is 354. The van der Waals surface area contributed by atoms with Gasteiger partial charge in [-0.15, -0.1) is 0 Å². The van der Waals surface area contributed by atoms with Crippen molar-refractivity contribution in [2.24, 2.45) is 0 Å². The van der Waals surface area contributed by atoms with Gasteiger partial charge in [-0.25, -0.2) is 0 Å². The molecule has 0 heterocycles. The van der Waals surface area contributed by atoms with E-state index in [4.69, 9.17) is 5.11 Å². The lowest BCUT2D eigenvalue weighted by Crippen LogP contribution is -2.52. The maximum Gasteiger partial charge on any atom is 0.235 e. The van der Waals surface area contributed by atoms with E-state index < -0.39 is 5.54 Å². The van der Waals surface area contributed by atoms with Crippen molar-refractivity contribution in [3.63, 3.8) is 0 Å². The molecule has 5 heteroatoms. The molecule has 0 aliphatic heterocycles. The third-order valence-corrected chi connectivity index (χ3v) is 4.37. The molecule has 2 saturated carbocycles. The van der Waals surface area contributed by atoms with Gasteiger partial charge in [0, 0.05) is 12.6 Å². The van der Waals surface area contributed by atoms with Gasteiger partial charge in [0.25, 0.3) is 0 Å². The van der Waals surface area contributed by atoms with Gasteiger partial charge in [0.05, 0.1) is 19.2 Å². The van der Waals surface area contributed by atoms with Crippen molar-refractivity contribution < 1.29 is 9.90 Å². The number of aliphatic hydroxyl groups excluding tert-OH is 1. The maximum absolute atomic E-state index is 12.1. The van der Waals surface area contributed by atoms with Gasteiger partial charge in [-0.1, -0.05) is 6.42 Å². The monoisotopic (exact) mass is 265 g/mol. The lowest BCUT2D eigenvalue weighted by molar-refractivity contribution is -0.124. The summed E-state index contributed by atoms with van der Waals surface area (Å²) in [6, 6.07) is 2.70. The Morgan fingerprint density at radius 3 is 2.53 bits per heavy atom. The topological polar surface area (TPSA) is 76.4 Å². The summed E-state index contributed by atoms with van der Waals surface area (Å²) in [4.78, 5) is 14.1. The van der Waals surface area contributed by atoms with Gasteiger partial charge in [0.15, 0.2) is 0 Å². The zero-order chi connectivity index (χ0) is 13.7. The zero-order valence-corrected chi connectivity index (χ0v) is 11.4. The summed E-state index contributed by atoms with van der Waals surface area (Å²) in [6.45, 7) is 0.916. The Labute approximate surface area is 114 Å². The Balaban J connectivity index is 1.86. The molecule has 2 rings (SSSR count).